The summed E-state index contributed by atoms with van der Waals surface area (Å²) in [5.41, 5.74) is 0.982. The number of nitrogens with zero attached hydrogens (tertiary/aromatic N) is 4. The number of nitro benzene ring substituents is 1. The fourth-order valence-electron chi connectivity index (χ4n) is 3.16. The van der Waals surface area contributed by atoms with Gasteiger partial charge in [-0.05, 0) is 18.2 Å². The lowest BCUT2D eigenvalue weighted by Crippen LogP contribution is -2.35. The maximum atomic E-state index is 12.5. The monoisotopic (exact) mass is 420 g/mol. The van der Waals surface area contributed by atoms with Crippen molar-refractivity contribution in [3.05, 3.63) is 68.5 Å². The lowest BCUT2D eigenvalue weighted by atomic mass is 10.1. The van der Waals surface area contributed by atoms with Crippen LogP contribution in [-0.4, -0.2) is 38.7 Å². The lowest BCUT2D eigenvalue weighted by Gasteiger charge is -2.10. The highest BCUT2D eigenvalue weighted by molar-refractivity contribution is 7.16. The van der Waals surface area contributed by atoms with Crippen molar-refractivity contribution < 1.29 is 19.3 Å². The maximum Gasteiger partial charge on any atom is 0.270 e. The number of rotatable bonds is 4. The van der Waals surface area contributed by atoms with Crippen LogP contribution < -0.4 is 4.80 Å². The van der Waals surface area contributed by atoms with Crippen LogP contribution in [0.15, 0.2) is 47.5 Å². The SMILES string of the molecule is C#CCn1c(=NC(=O)CN2C(=O)c3ccccc3C2=O)sc2cc([N+](=O)[O-])ccc21. The lowest BCUT2D eigenvalue weighted by molar-refractivity contribution is -0.384. The summed E-state index contributed by atoms with van der Waals surface area (Å²) in [7, 11) is 0. The van der Waals surface area contributed by atoms with Crippen LogP contribution in [-0.2, 0) is 11.3 Å². The molecule has 30 heavy (non-hydrogen) atoms. The molecule has 2 heterocycles. The minimum Gasteiger partial charge on any atom is -0.305 e. The largest absolute Gasteiger partial charge is 0.305 e. The molecule has 3 aromatic rings. The second kappa shape index (κ2) is 7.38. The van der Waals surface area contributed by atoms with Crippen molar-refractivity contribution in [1.29, 1.82) is 0 Å². The molecule has 10 heteroatoms. The number of hydrogen-bond donors (Lipinski definition) is 0. The topological polar surface area (TPSA) is 115 Å². The quantitative estimate of drug-likeness (QED) is 0.277. The molecule has 4 rings (SSSR count). The number of amides is 3. The molecule has 0 saturated carbocycles. The van der Waals surface area contributed by atoms with Crippen molar-refractivity contribution in [3.63, 3.8) is 0 Å². The van der Waals surface area contributed by atoms with E-state index in [1.807, 2.05) is 0 Å². The average molecular weight is 420 g/mol. The summed E-state index contributed by atoms with van der Waals surface area (Å²) >= 11 is 1.06. The molecule has 0 N–H and O–H groups in total. The van der Waals surface area contributed by atoms with E-state index in [1.165, 1.54) is 30.3 Å². The van der Waals surface area contributed by atoms with Crippen molar-refractivity contribution in [2.75, 3.05) is 6.54 Å². The molecule has 0 unspecified atom stereocenters. The van der Waals surface area contributed by atoms with Crippen molar-refractivity contribution in [2.45, 2.75) is 6.54 Å². The van der Waals surface area contributed by atoms with Crippen LogP contribution in [0.5, 0.6) is 0 Å². The van der Waals surface area contributed by atoms with Gasteiger partial charge in [0.2, 0.25) is 0 Å². The second-order valence-corrected chi connectivity index (χ2v) is 7.34. The Balaban J connectivity index is 1.69. The second-order valence-electron chi connectivity index (χ2n) is 6.33. The van der Waals surface area contributed by atoms with Gasteiger partial charge in [0.15, 0.2) is 4.80 Å². The summed E-state index contributed by atoms with van der Waals surface area (Å²) in [5, 5.41) is 11.0. The number of thiazole rings is 1. The maximum absolute atomic E-state index is 12.5. The Morgan fingerprint density at radius 3 is 2.43 bits per heavy atom. The van der Waals surface area contributed by atoms with E-state index in [0.29, 0.717) is 10.2 Å². The molecule has 0 saturated heterocycles. The Bertz CT molecular complexity index is 1330. The highest BCUT2D eigenvalue weighted by atomic mass is 32.1. The third-order valence-corrected chi connectivity index (χ3v) is 5.56. The zero-order valence-electron chi connectivity index (χ0n) is 15.3. The first-order valence-electron chi connectivity index (χ1n) is 8.64. The summed E-state index contributed by atoms with van der Waals surface area (Å²) in [6.07, 6.45) is 5.41. The Hall–Kier alpha value is -4.10. The molecule has 0 fully saturated rings. The fourth-order valence-corrected chi connectivity index (χ4v) is 4.24. The zero-order chi connectivity index (χ0) is 21.4. The van der Waals surface area contributed by atoms with Crippen LogP contribution in [0.2, 0.25) is 0 Å². The van der Waals surface area contributed by atoms with Crippen molar-refractivity contribution in [1.82, 2.24) is 9.47 Å². The van der Waals surface area contributed by atoms with Gasteiger partial charge in [0.05, 0.1) is 32.8 Å². The summed E-state index contributed by atoms with van der Waals surface area (Å²) in [6, 6.07) is 10.6. The standard InChI is InChI=1S/C20H12N4O5S/c1-2-9-22-15-8-7-12(24(28)29)10-16(15)30-20(22)21-17(25)11-23-18(26)13-5-3-4-6-14(13)19(23)27/h1,3-8,10H,9,11H2. The number of carbonyl (C=O) groups excluding carboxylic acids is 3. The molecule has 0 atom stereocenters. The van der Waals surface area contributed by atoms with Gasteiger partial charge < -0.3 is 4.57 Å². The van der Waals surface area contributed by atoms with Gasteiger partial charge in [0.1, 0.15) is 6.54 Å². The summed E-state index contributed by atoms with van der Waals surface area (Å²) in [5.74, 6) is 0.640. The number of fused-ring (bicyclic) bond motifs is 2. The van der Waals surface area contributed by atoms with Crippen LogP contribution in [0.3, 0.4) is 0 Å². The summed E-state index contributed by atoms with van der Waals surface area (Å²) in [4.78, 5) is 53.0. The number of aromatic nitrogens is 1. The molecule has 1 aliphatic rings. The fraction of sp³-hybridized carbons (Fsp3) is 0.100. The van der Waals surface area contributed by atoms with E-state index in [4.69, 9.17) is 6.42 Å². The van der Waals surface area contributed by atoms with E-state index in [-0.39, 0.29) is 28.2 Å². The van der Waals surface area contributed by atoms with Crippen LogP contribution in [0.1, 0.15) is 20.7 Å². The molecule has 0 radical (unpaired) electrons. The van der Waals surface area contributed by atoms with Crippen molar-refractivity contribution >= 4 is 45.0 Å². The first-order valence-corrected chi connectivity index (χ1v) is 9.46. The minimum atomic E-state index is -0.712. The normalized spacial score (nSPS) is 13.6. The van der Waals surface area contributed by atoms with Crippen LogP contribution in [0, 0.1) is 22.5 Å². The van der Waals surface area contributed by atoms with E-state index >= 15 is 0 Å². The van der Waals surface area contributed by atoms with E-state index in [2.05, 4.69) is 10.9 Å². The Morgan fingerprint density at radius 2 is 1.83 bits per heavy atom. The van der Waals surface area contributed by atoms with Crippen LogP contribution in [0.4, 0.5) is 5.69 Å². The number of nitro groups is 1. The van der Waals surface area contributed by atoms with Gasteiger partial charge in [-0.3, -0.25) is 29.4 Å². The van der Waals surface area contributed by atoms with Crippen molar-refractivity contribution in [2.24, 2.45) is 4.99 Å². The number of benzene rings is 2. The average Bonchev–Trinajstić information content (AvgIpc) is 3.18. The van der Waals surface area contributed by atoms with Gasteiger partial charge in [-0.15, -0.1) is 6.42 Å². The first-order chi connectivity index (χ1) is 14.4. The smallest absolute Gasteiger partial charge is 0.270 e. The predicted molar refractivity (Wildman–Crippen MR) is 108 cm³/mol. The molecule has 148 valence electrons. The molecule has 2 aromatic carbocycles. The number of non-ortho nitro benzene ring substituents is 1. The van der Waals surface area contributed by atoms with Gasteiger partial charge in [0, 0.05) is 12.1 Å². The number of terminal acetylenes is 1. The zero-order valence-corrected chi connectivity index (χ0v) is 16.1. The van der Waals surface area contributed by atoms with Gasteiger partial charge >= 0.3 is 0 Å². The molecular formula is C20H12N4O5S. The minimum absolute atomic E-state index is 0.0942. The van der Waals surface area contributed by atoms with Gasteiger partial charge in [0.25, 0.3) is 23.4 Å². The van der Waals surface area contributed by atoms with Gasteiger partial charge in [-0.25, -0.2) is 0 Å². The molecule has 3 amide bonds. The predicted octanol–water partition coefficient (Wildman–Crippen LogP) is 1.97. The van der Waals surface area contributed by atoms with Gasteiger partial charge in [-0.2, -0.15) is 4.99 Å². The molecular weight excluding hydrogens is 408 g/mol. The molecule has 9 nitrogen and oxygen atoms in total. The highest BCUT2D eigenvalue weighted by Crippen LogP contribution is 2.24. The molecule has 0 aliphatic carbocycles. The van der Waals surface area contributed by atoms with E-state index < -0.39 is 29.2 Å². The van der Waals surface area contributed by atoms with Crippen LogP contribution in [0.25, 0.3) is 10.2 Å². The Labute approximate surface area is 173 Å². The molecule has 1 aliphatic heterocycles. The summed E-state index contributed by atoms with van der Waals surface area (Å²) in [6.45, 7) is -0.423. The molecule has 0 spiro atoms. The number of imide groups is 1. The van der Waals surface area contributed by atoms with Crippen molar-refractivity contribution in [3.8, 4) is 12.3 Å². The van der Waals surface area contributed by atoms with E-state index in [1.54, 1.807) is 16.7 Å². The third kappa shape index (κ3) is 3.17. The van der Waals surface area contributed by atoms with Gasteiger partial charge in [-0.1, -0.05) is 29.4 Å². The number of carbonyl (C=O) groups is 3. The Kier molecular flexibility index (Phi) is 4.73. The molecule has 0 bridgehead atoms. The van der Waals surface area contributed by atoms with Crippen LogP contribution >= 0.6 is 11.3 Å². The molecule has 1 aromatic heterocycles. The number of hydrogen-bond acceptors (Lipinski definition) is 6. The Morgan fingerprint density at radius 1 is 1.17 bits per heavy atom. The van der Waals surface area contributed by atoms with E-state index in [9.17, 15) is 24.5 Å². The first kappa shape index (κ1) is 19.2. The third-order valence-electron chi connectivity index (χ3n) is 4.52. The summed E-state index contributed by atoms with van der Waals surface area (Å²) < 4.78 is 2.11. The highest BCUT2D eigenvalue weighted by Gasteiger charge is 2.36. The van der Waals surface area contributed by atoms with E-state index in [0.717, 1.165) is 16.2 Å².